The number of aliphatic hydroxyl groups excluding tert-OH is 1. The third-order valence-electron chi connectivity index (χ3n) is 5.11. The van der Waals surface area contributed by atoms with Gasteiger partial charge in [-0.05, 0) is 55.5 Å². The van der Waals surface area contributed by atoms with Crippen molar-refractivity contribution < 1.29 is 31.0 Å². The van der Waals surface area contributed by atoms with Gasteiger partial charge in [0.25, 0.3) is 0 Å². The van der Waals surface area contributed by atoms with Gasteiger partial charge in [-0.15, -0.1) is 0 Å². The van der Waals surface area contributed by atoms with Gasteiger partial charge in [0.05, 0.1) is 6.61 Å². The zero-order valence-electron chi connectivity index (χ0n) is 17.9. The Bertz CT molecular complexity index is 1050. The first kappa shape index (κ1) is 22.6. The lowest BCUT2D eigenvalue weighted by atomic mass is 10.4. The number of hydrogen-bond donors (Lipinski definition) is 1. The van der Waals surface area contributed by atoms with E-state index in [1.165, 1.54) is 19.5 Å². The van der Waals surface area contributed by atoms with Gasteiger partial charge in [-0.1, -0.05) is 72.8 Å². The molecule has 4 aromatic rings. The number of aliphatic hydroxyl groups is 1. The minimum Gasteiger partial charge on any atom is -0.475 e. The van der Waals surface area contributed by atoms with Crippen LogP contribution < -0.4 is 37.1 Å². The van der Waals surface area contributed by atoms with Crippen molar-refractivity contribution in [3.63, 3.8) is 0 Å². The molecule has 0 bridgehead atoms. The lowest BCUT2D eigenvalue weighted by Gasteiger charge is -2.24. The molecule has 0 aliphatic heterocycles. The van der Waals surface area contributed by atoms with Gasteiger partial charge in [0.1, 0.15) is 15.9 Å². The molecule has 0 unspecified atom stereocenters. The van der Waals surface area contributed by atoms with Gasteiger partial charge >= 0.3 is 30.5 Å². The average Bonchev–Trinajstić information content (AvgIpc) is 2.87. The number of rotatable bonds is 8. The van der Waals surface area contributed by atoms with Crippen molar-refractivity contribution in [3.05, 3.63) is 134 Å². The number of halogens is 1. The summed E-state index contributed by atoms with van der Waals surface area (Å²) in [6, 6.07) is 42.3. The van der Waals surface area contributed by atoms with E-state index in [1.54, 1.807) is 0 Å². The number of benzene rings is 4. The quantitative estimate of drug-likeness (QED) is 0.207. The topological polar surface area (TPSA) is 29.5 Å². The van der Waals surface area contributed by atoms with Crippen LogP contribution in [0.5, 0.6) is 0 Å². The van der Waals surface area contributed by atoms with Crippen LogP contribution in [0.4, 0.5) is 0 Å². The van der Waals surface area contributed by atoms with E-state index in [4.69, 9.17) is 4.74 Å². The molecule has 0 aliphatic carbocycles. The van der Waals surface area contributed by atoms with Gasteiger partial charge < -0.3 is 9.84 Å². The van der Waals surface area contributed by atoms with E-state index in [-0.39, 0.29) is 5.95 Å². The highest BCUT2D eigenvalue weighted by atomic mass is 127. The second-order valence-corrected chi connectivity index (χ2v) is 14.2. The molecule has 160 valence electrons. The molecule has 0 aliphatic rings. The Labute approximate surface area is 201 Å². The van der Waals surface area contributed by atoms with Gasteiger partial charge in [-0.25, -0.2) is 0 Å². The van der Waals surface area contributed by atoms with E-state index in [9.17, 15) is 5.11 Å². The molecule has 0 atom stereocenters. The van der Waals surface area contributed by atoms with Gasteiger partial charge in [0.2, 0.25) is 7.26 Å². The van der Waals surface area contributed by atoms with Crippen molar-refractivity contribution in [1.82, 2.24) is 0 Å². The summed E-state index contributed by atoms with van der Waals surface area (Å²) in [6.07, 6.45) is 0. The molecule has 2 nitrogen and oxygen atoms in total. The maximum Gasteiger partial charge on any atom is 0.408 e. The molecule has 4 aromatic carbocycles. The molecule has 1 N–H and O–H groups in total. The summed E-state index contributed by atoms with van der Waals surface area (Å²) in [7, 11) is -2.36. The third-order valence-corrected chi connectivity index (χ3v) is 14.2. The highest BCUT2D eigenvalue weighted by molar-refractivity contribution is 7.98. The fourth-order valence-corrected chi connectivity index (χ4v) is 13.7. The predicted octanol–water partition coefficient (Wildman–Crippen LogP) is 2.66. The SMILES string of the molecule is CCO/C(O)=C(\[I+]c1ccccc1)[P+](c1ccccc1)(c1ccccc1)c1ccccc1. The molecule has 0 radical (unpaired) electrons. The Hall–Kier alpha value is -2.62. The minimum absolute atomic E-state index is 0.0778. The molecule has 0 saturated carbocycles. The van der Waals surface area contributed by atoms with Crippen LogP contribution in [-0.4, -0.2) is 11.7 Å². The zero-order valence-corrected chi connectivity index (χ0v) is 21.0. The molecule has 0 saturated heterocycles. The van der Waals surface area contributed by atoms with E-state index in [1.807, 2.05) is 31.2 Å². The van der Waals surface area contributed by atoms with Crippen molar-refractivity contribution in [2.24, 2.45) is 0 Å². The first-order valence-corrected chi connectivity index (χ1v) is 14.5. The summed E-state index contributed by atoms with van der Waals surface area (Å²) in [4.78, 5) is 0. The van der Waals surface area contributed by atoms with Crippen LogP contribution in [0.3, 0.4) is 0 Å². The lowest BCUT2D eigenvalue weighted by Crippen LogP contribution is -3.61. The first-order chi connectivity index (χ1) is 15.8. The second-order valence-electron chi connectivity index (χ2n) is 7.10. The summed E-state index contributed by atoms with van der Waals surface area (Å²) in [5.74, 6) is 0.0778. The second kappa shape index (κ2) is 10.8. The molecule has 0 spiro atoms. The molecule has 0 aromatic heterocycles. The van der Waals surface area contributed by atoms with Gasteiger partial charge in [0.15, 0.2) is 3.57 Å². The number of ether oxygens (including phenoxy) is 1. The summed E-state index contributed by atoms with van der Waals surface area (Å²) < 4.78 is 8.12. The molecular weight excluding hydrogens is 526 g/mol. The Balaban J connectivity index is 2.10. The van der Waals surface area contributed by atoms with Crippen molar-refractivity contribution >= 4 is 23.2 Å². The summed E-state index contributed by atoms with van der Waals surface area (Å²) in [5, 5.41) is 15.1. The van der Waals surface area contributed by atoms with Gasteiger partial charge in [0, 0.05) is 0 Å². The van der Waals surface area contributed by atoms with Crippen LogP contribution in [-0.2, 0) is 4.74 Å². The maximum atomic E-state index is 11.4. The van der Waals surface area contributed by atoms with E-state index in [0.29, 0.717) is 6.61 Å². The van der Waals surface area contributed by atoms with Crippen molar-refractivity contribution in [1.29, 1.82) is 0 Å². The Morgan fingerprint density at radius 2 is 1.03 bits per heavy atom. The molecule has 4 heteroatoms. The zero-order chi connectivity index (χ0) is 22.2. The van der Waals surface area contributed by atoms with Crippen LogP contribution >= 0.6 is 7.26 Å². The van der Waals surface area contributed by atoms with E-state index in [0.717, 1.165) is 3.32 Å². The van der Waals surface area contributed by atoms with Crippen LogP contribution in [0, 0.1) is 3.57 Å². The van der Waals surface area contributed by atoms with Gasteiger partial charge in [-0.2, -0.15) is 0 Å². The molecule has 0 amide bonds. The van der Waals surface area contributed by atoms with Crippen LogP contribution in [0.1, 0.15) is 6.92 Å². The van der Waals surface area contributed by atoms with Gasteiger partial charge in [-0.3, -0.25) is 0 Å². The summed E-state index contributed by atoms with van der Waals surface area (Å²) in [5.41, 5.74) is 0. The fourth-order valence-electron chi connectivity index (χ4n) is 3.77. The van der Waals surface area contributed by atoms with E-state index in [2.05, 4.69) is 97.1 Å². The summed E-state index contributed by atoms with van der Waals surface area (Å²) >= 11 is -0.705. The first-order valence-electron chi connectivity index (χ1n) is 10.6. The van der Waals surface area contributed by atoms with E-state index >= 15 is 0 Å². The Kier molecular flexibility index (Phi) is 7.62. The fraction of sp³-hybridized carbons (Fsp3) is 0.0714. The monoisotopic (exact) mass is 552 g/mol. The largest absolute Gasteiger partial charge is 0.475 e. The normalized spacial score (nSPS) is 12.2. The molecule has 0 fully saturated rings. The lowest BCUT2D eigenvalue weighted by molar-refractivity contribution is -0.568. The average molecular weight is 552 g/mol. The molecule has 0 heterocycles. The van der Waals surface area contributed by atoms with Crippen LogP contribution in [0.2, 0.25) is 0 Å². The highest BCUT2D eigenvalue weighted by Gasteiger charge is 2.60. The predicted molar refractivity (Wildman–Crippen MR) is 132 cm³/mol. The standard InChI is InChI=1S/C28H25IO2P/c1-2-31-28(30)27(29-23-15-7-3-8-16-23)32(24-17-9-4-10-18-24,25-19-11-5-12-20-25)26-21-13-6-14-22-26/h3-22H,2H2,1H3/q+1/p+1/b28-27+. The van der Waals surface area contributed by atoms with Crippen LogP contribution in [0.15, 0.2) is 131 Å². The maximum absolute atomic E-state index is 11.4. The highest BCUT2D eigenvalue weighted by Crippen LogP contribution is 2.59. The molecular formula is C28H26IO2P+2. The van der Waals surface area contributed by atoms with Crippen LogP contribution in [0.25, 0.3) is 0 Å². The van der Waals surface area contributed by atoms with Crippen molar-refractivity contribution in [3.8, 4) is 0 Å². The Morgan fingerprint density at radius 1 is 0.656 bits per heavy atom. The Morgan fingerprint density at radius 3 is 1.41 bits per heavy atom. The van der Waals surface area contributed by atoms with Crippen molar-refractivity contribution in [2.75, 3.05) is 6.61 Å². The smallest absolute Gasteiger partial charge is 0.408 e. The van der Waals surface area contributed by atoms with E-state index < -0.39 is 28.5 Å². The van der Waals surface area contributed by atoms with Crippen molar-refractivity contribution in [2.45, 2.75) is 6.92 Å². The molecule has 4 rings (SSSR count). The summed E-state index contributed by atoms with van der Waals surface area (Å²) in [6.45, 7) is 2.34. The third kappa shape index (κ3) is 4.60. The minimum atomic E-state index is -2.36. The number of hydrogen-bond acceptors (Lipinski definition) is 2. The molecule has 32 heavy (non-hydrogen) atoms.